The third-order valence-electron chi connectivity index (χ3n) is 2.47. The molecule has 0 saturated carbocycles. The zero-order valence-corrected chi connectivity index (χ0v) is 9.05. The van der Waals surface area contributed by atoms with Crippen molar-refractivity contribution < 1.29 is 0 Å². The Morgan fingerprint density at radius 3 is 2.81 bits per heavy atom. The monoisotopic (exact) mass is 215 g/mol. The van der Waals surface area contributed by atoms with Crippen LogP contribution in [0.2, 0.25) is 0 Å². The van der Waals surface area contributed by atoms with Crippen molar-refractivity contribution in [2.45, 2.75) is 13.5 Å². The number of benzene rings is 1. The Balaban J connectivity index is 2.35. The van der Waals surface area contributed by atoms with Gasteiger partial charge in [-0.25, -0.2) is 4.68 Å². The number of rotatable bonds is 2. The Labute approximate surface area is 93.3 Å². The van der Waals surface area contributed by atoms with Crippen LogP contribution >= 0.6 is 0 Å². The van der Waals surface area contributed by atoms with Crippen LogP contribution in [0.15, 0.2) is 41.3 Å². The van der Waals surface area contributed by atoms with Crippen molar-refractivity contribution in [3.63, 3.8) is 0 Å². The van der Waals surface area contributed by atoms with Crippen LogP contribution in [-0.2, 0) is 6.54 Å². The Morgan fingerprint density at radius 1 is 1.38 bits per heavy atom. The van der Waals surface area contributed by atoms with Gasteiger partial charge in [0.05, 0.1) is 18.4 Å². The maximum absolute atomic E-state index is 11.6. The fraction of sp³-hybridized carbons (Fsp3) is 0.167. The summed E-state index contributed by atoms with van der Waals surface area (Å²) in [5, 5.41) is 3.99. The normalized spacial score (nSPS) is 10.3. The van der Waals surface area contributed by atoms with Gasteiger partial charge in [0, 0.05) is 6.07 Å². The Bertz CT molecular complexity index is 560. The van der Waals surface area contributed by atoms with Gasteiger partial charge in [-0.2, -0.15) is 5.10 Å². The molecule has 0 aliphatic carbocycles. The minimum absolute atomic E-state index is 0.178. The molecule has 1 aromatic heterocycles. The molecule has 0 fully saturated rings. The van der Waals surface area contributed by atoms with E-state index >= 15 is 0 Å². The van der Waals surface area contributed by atoms with Crippen LogP contribution in [0.3, 0.4) is 0 Å². The molecule has 0 radical (unpaired) electrons. The summed E-state index contributed by atoms with van der Waals surface area (Å²) in [6.07, 6.45) is 1.49. The maximum Gasteiger partial charge on any atom is 0.269 e. The third kappa shape index (κ3) is 2.11. The van der Waals surface area contributed by atoms with Crippen molar-refractivity contribution in [1.82, 2.24) is 9.78 Å². The van der Waals surface area contributed by atoms with E-state index in [0.717, 1.165) is 11.1 Å². The molecule has 2 aromatic rings. The maximum atomic E-state index is 11.6. The zero-order valence-electron chi connectivity index (χ0n) is 9.05. The summed E-state index contributed by atoms with van der Waals surface area (Å²) in [7, 11) is 0. The number of nitrogens with two attached hydrogens (primary N) is 1. The minimum atomic E-state index is -0.178. The van der Waals surface area contributed by atoms with Crippen LogP contribution in [0.1, 0.15) is 11.1 Å². The summed E-state index contributed by atoms with van der Waals surface area (Å²) >= 11 is 0. The highest BCUT2D eigenvalue weighted by atomic mass is 16.1. The molecule has 0 aliphatic heterocycles. The van der Waals surface area contributed by atoms with Crippen LogP contribution in [0.25, 0.3) is 0 Å². The van der Waals surface area contributed by atoms with Crippen LogP contribution < -0.4 is 11.3 Å². The lowest BCUT2D eigenvalue weighted by Crippen LogP contribution is -2.23. The van der Waals surface area contributed by atoms with Crippen LogP contribution in [-0.4, -0.2) is 9.78 Å². The molecule has 82 valence electrons. The van der Waals surface area contributed by atoms with E-state index in [2.05, 4.69) is 5.10 Å². The van der Waals surface area contributed by atoms with Crippen LogP contribution in [0, 0.1) is 6.92 Å². The fourth-order valence-corrected chi connectivity index (χ4v) is 1.52. The lowest BCUT2D eigenvalue weighted by atomic mass is 10.1. The highest BCUT2D eigenvalue weighted by Crippen LogP contribution is 2.07. The van der Waals surface area contributed by atoms with E-state index in [1.165, 1.54) is 16.9 Å². The van der Waals surface area contributed by atoms with Crippen molar-refractivity contribution in [2.24, 2.45) is 0 Å². The van der Waals surface area contributed by atoms with E-state index in [1.54, 1.807) is 0 Å². The topological polar surface area (TPSA) is 60.9 Å². The quantitative estimate of drug-likeness (QED) is 0.818. The van der Waals surface area contributed by atoms with Crippen LogP contribution in [0.4, 0.5) is 5.69 Å². The van der Waals surface area contributed by atoms with Gasteiger partial charge in [-0.1, -0.05) is 24.3 Å². The average Bonchev–Trinajstić information content (AvgIpc) is 2.25. The van der Waals surface area contributed by atoms with E-state index in [0.29, 0.717) is 12.2 Å². The molecule has 0 bridgehead atoms. The van der Waals surface area contributed by atoms with Crippen molar-refractivity contribution in [3.8, 4) is 0 Å². The number of aryl methyl sites for hydroxylation is 1. The molecule has 1 heterocycles. The first-order valence-electron chi connectivity index (χ1n) is 5.04. The van der Waals surface area contributed by atoms with Gasteiger partial charge >= 0.3 is 0 Å². The smallest absolute Gasteiger partial charge is 0.269 e. The standard InChI is InChI=1S/C12H13N3O/c1-9-4-2-3-5-10(9)8-15-12(16)6-11(13)7-14-15/h2-7H,8,13H2,1H3. The van der Waals surface area contributed by atoms with Crippen LogP contribution in [0.5, 0.6) is 0 Å². The summed E-state index contributed by atoms with van der Waals surface area (Å²) in [4.78, 5) is 11.6. The number of nitrogen functional groups attached to an aromatic ring is 1. The molecule has 4 nitrogen and oxygen atoms in total. The molecular weight excluding hydrogens is 202 g/mol. The number of hydrogen-bond acceptors (Lipinski definition) is 3. The van der Waals surface area contributed by atoms with Crippen molar-refractivity contribution in [2.75, 3.05) is 5.73 Å². The Morgan fingerprint density at radius 2 is 2.12 bits per heavy atom. The molecule has 0 aliphatic rings. The van der Waals surface area contributed by atoms with E-state index in [-0.39, 0.29) is 5.56 Å². The number of aromatic nitrogens is 2. The largest absolute Gasteiger partial charge is 0.397 e. The summed E-state index contributed by atoms with van der Waals surface area (Å²) in [6, 6.07) is 9.30. The molecule has 4 heteroatoms. The molecule has 0 amide bonds. The summed E-state index contributed by atoms with van der Waals surface area (Å²) in [5.74, 6) is 0. The first-order valence-corrected chi connectivity index (χ1v) is 5.04. The highest BCUT2D eigenvalue weighted by Gasteiger charge is 2.01. The Kier molecular flexibility index (Phi) is 2.72. The molecular formula is C12H13N3O. The second-order valence-corrected chi connectivity index (χ2v) is 3.71. The summed E-state index contributed by atoms with van der Waals surface area (Å²) < 4.78 is 1.40. The Hall–Kier alpha value is -2.10. The zero-order chi connectivity index (χ0) is 11.5. The van der Waals surface area contributed by atoms with Crippen molar-refractivity contribution >= 4 is 5.69 Å². The molecule has 0 spiro atoms. The van der Waals surface area contributed by atoms with E-state index in [9.17, 15) is 4.79 Å². The second-order valence-electron chi connectivity index (χ2n) is 3.71. The molecule has 1 aromatic carbocycles. The third-order valence-corrected chi connectivity index (χ3v) is 2.47. The SMILES string of the molecule is Cc1ccccc1Cn1ncc(N)cc1=O. The number of anilines is 1. The molecule has 0 unspecified atom stereocenters. The van der Waals surface area contributed by atoms with Gasteiger partial charge in [-0.05, 0) is 18.1 Å². The molecule has 16 heavy (non-hydrogen) atoms. The fourth-order valence-electron chi connectivity index (χ4n) is 1.52. The van der Waals surface area contributed by atoms with E-state index < -0.39 is 0 Å². The average molecular weight is 215 g/mol. The van der Waals surface area contributed by atoms with Gasteiger partial charge in [0.1, 0.15) is 0 Å². The van der Waals surface area contributed by atoms with Crippen molar-refractivity contribution in [3.05, 3.63) is 58.0 Å². The van der Waals surface area contributed by atoms with Gasteiger partial charge in [-0.15, -0.1) is 0 Å². The van der Waals surface area contributed by atoms with Gasteiger partial charge < -0.3 is 5.73 Å². The van der Waals surface area contributed by atoms with Gasteiger partial charge in [0.15, 0.2) is 0 Å². The lowest BCUT2D eigenvalue weighted by Gasteiger charge is -2.07. The first kappa shape index (κ1) is 10.4. The predicted octanol–water partition coefficient (Wildman–Crippen LogP) is 1.18. The highest BCUT2D eigenvalue weighted by molar-refractivity contribution is 5.32. The first-order chi connectivity index (χ1) is 7.66. The predicted molar refractivity (Wildman–Crippen MR) is 63.2 cm³/mol. The number of hydrogen-bond donors (Lipinski definition) is 1. The molecule has 0 saturated heterocycles. The second kappa shape index (κ2) is 4.18. The molecule has 0 atom stereocenters. The van der Waals surface area contributed by atoms with E-state index in [1.807, 2.05) is 31.2 Å². The summed E-state index contributed by atoms with van der Waals surface area (Å²) in [6.45, 7) is 2.49. The number of nitrogens with zero attached hydrogens (tertiary/aromatic N) is 2. The van der Waals surface area contributed by atoms with Gasteiger partial charge in [0.25, 0.3) is 5.56 Å². The molecule has 2 rings (SSSR count). The summed E-state index contributed by atoms with van der Waals surface area (Å²) in [5.41, 5.74) is 7.92. The lowest BCUT2D eigenvalue weighted by molar-refractivity contribution is 0.638. The van der Waals surface area contributed by atoms with Gasteiger partial charge in [0.2, 0.25) is 0 Å². The van der Waals surface area contributed by atoms with Gasteiger partial charge in [-0.3, -0.25) is 4.79 Å². The minimum Gasteiger partial charge on any atom is -0.397 e. The van der Waals surface area contributed by atoms with E-state index in [4.69, 9.17) is 5.73 Å². The van der Waals surface area contributed by atoms with Crippen molar-refractivity contribution in [1.29, 1.82) is 0 Å². The molecule has 2 N–H and O–H groups in total.